The van der Waals surface area contributed by atoms with Crippen LogP contribution >= 0.6 is 11.8 Å². The summed E-state index contributed by atoms with van der Waals surface area (Å²) in [5, 5.41) is 19.1. The first-order chi connectivity index (χ1) is 7.59. The number of aryl methyl sites for hydroxylation is 1. The number of nitrogens with zero attached hydrogens (tertiary/aromatic N) is 3. The van der Waals surface area contributed by atoms with Gasteiger partial charge in [0.15, 0.2) is 5.16 Å². The van der Waals surface area contributed by atoms with Gasteiger partial charge in [-0.1, -0.05) is 18.7 Å². The van der Waals surface area contributed by atoms with Gasteiger partial charge in [0.2, 0.25) is 0 Å². The van der Waals surface area contributed by atoms with Crippen LogP contribution < -0.4 is 0 Å². The zero-order valence-electron chi connectivity index (χ0n) is 9.89. The fraction of sp³-hybridized carbons (Fsp3) is 0.818. The highest BCUT2D eigenvalue weighted by Gasteiger charge is 2.32. The molecular weight excluding hydrogens is 222 g/mol. The molecule has 5 heteroatoms. The summed E-state index contributed by atoms with van der Waals surface area (Å²) in [6.45, 7) is 2.26. The second kappa shape index (κ2) is 4.75. The van der Waals surface area contributed by atoms with Crippen LogP contribution in [0.25, 0.3) is 0 Å². The molecule has 4 nitrogen and oxygen atoms in total. The lowest BCUT2D eigenvalue weighted by Gasteiger charge is -2.34. The van der Waals surface area contributed by atoms with Gasteiger partial charge in [0, 0.05) is 12.8 Å². The Morgan fingerprint density at radius 3 is 2.81 bits per heavy atom. The maximum absolute atomic E-state index is 10.4. The molecule has 0 saturated heterocycles. The van der Waals surface area contributed by atoms with Crippen molar-refractivity contribution in [2.75, 3.05) is 5.75 Å². The molecule has 0 radical (unpaired) electrons. The lowest BCUT2D eigenvalue weighted by molar-refractivity contribution is 0.0149. The van der Waals surface area contributed by atoms with Gasteiger partial charge in [-0.3, -0.25) is 0 Å². The molecule has 1 saturated carbocycles. The molecule has 0 unspecified atom stereocenters. The summed E-state index contributed by atoms with van der Waals surface area (Å²) in [4.78, 5) is 0. The van der Waals surface area contributed by atoms with Gasteiger partial charge in [-0.25, -0.2) is 0 Å². The molecule has 2 rings (SSSR count). The maximum atomic E-state index is 10.4. The van der Waals surface area contributed by atoms with E-state index in [1.807, 2.05) is 11.6 Å². The Morgan fingerprint density at radius 1 is 1.56 bits per heavy atom. The molecule has 1 aromatic heterocycles. The lowest BCUT2D eigenvalue weighted by atomic mass is 9.81. The van der Waals surface area contributed by atoms with E-state index < -0.39 is 5.60 Å². The summed E-state index contributed by atoms with van der Waals surface area (Å²) in [5.41, 5.74) is -0.497. The van der Waals surface area contributed by atoms with Gasteiger partial charge in [-0.05, 0) is 31.6 Å². The van der Waals surface area contributed by atoms with E-state index in [4.69, 9.17) is 0 Å². The smallest absolute Gasteiger partial charge is 0.190 e. The second-order valence-electron chi connectivity index (χ2n) is 4.92. The highest BCUT2D eigenvalue weighted by atomic mass is 32.2. The minimum atomic E-state index is -0.497. The summed E-state index contributed by atoms with van der Waals surface area (Å²) in [6, 6.07) is 0. The minimum Gasteiger partial charge on any atom is -0.389 e. The monoisotopic (exact) mass is 241 g/mol. The summed E-state index contributed by atoms with van der Waals surface area (Å²) in [6.07, 6.45) is 5.79. The number of aliphatic hydroxyl groups is 1. The first-order valence-corrected chi connectivity index (χ1v) is 6.77. The molecule has 0 bridgehead atoms. The van der Waals surface area contributed by atoms with E-state index >= 15 is 0 Å². The van der Waals surface area contributed by atoms with Crippen molar-refractivity contribution in [2.24, 2.45) is 13.0 Å². The van der Waals surface area contributed by atoms with E-state index in [9.17, 15) is 5.11 Å². The van der Waals surface area contributed by atoms with Crippen LogP contribution in [0, 0.1) is 5.92 Å². The van der Waals surface area contributed by atoms with Crippen LogP contribution in [0.5, 0.6) is 0 Å². The van der Waals surface area contributed by atoms with Crippen LogP contribution in [0.2, 0.25) is 0 Å². The fourth-order valence-electron chi connectivity index (χ4n) is 2.05. The van der Waals surface area contributed by atoms with Gasteiger partial charge in [0.05, 0.1) is 5.60 Å². The quantitative estimate of drug-likeness (QED) is 0.821. The Balaban J connectivity index is 1.88. The molecule has 1 N–H and O–H groups in total. The van der Waals surface area contributed by atoms with Crippen molar-refractivity contribution < 1.29 is 5.11 Å². The average Bonchev–Trinajstić information content (AvgIpc) is 2.67. The van der Waals surface area contributed by atoms with Gasteiger partial charge in [-0.2, -0.15) is 0 Å². The average molecular weight is 241 g/mol. The predicted octanol–water partition coefficient (Wildman–Crippen LogP) is 1.85. The van der Waals surface area contributed by atoms with E-state index in [1.165, 1.54) is 0 Å². The number of aromatic nitrogens is 3. The number of rotatable bonds is 3. The van der Waals surface area contributed by atoms with Crippen molar-refractivity contribution in [1.82, 2.24) is 14.8 Å². The Hall–Kier alpha value is -0.550. The third kappa shape index (κ3) is 2.77. The van der Waals surface area contributed by atoms with E-state index in [-0.39, 0.29) is 0 Å². The normalized spacial score (nSPS) is 30.6. The van der Waals surface area contributed by atoms with Crippen molar-refractivity contribution >= 4 is 11.8 Å². The molecule has 1 fully saturated rings. The van der Waals surface area contributed by atoms with Crippen molar-refractivity contribution in [2.45, 2.75) is 43.4 Å². The molecule has 0 atom stereocenters. The van der Waals surface area contributed by atoms with Crippen LogP contribution in [0.3, 0.4) is 0 Å². The highest BCUT2D eigenvalue weighted by Crippen LogP contribution is 2.35. The molecule has 0 aromatic carbocycles. The van der Waals surface area contributed by atoms with Crippen LogP contribution in [-0.2, 0) is 7.05 Å². The van der Waals surface area contributed by atoms with E-state index in [0.717, 1.165) is 42.5 Å². The molecule has 1 heterocycles. The molecule has 0 spiro atoms. The van der Waals surface area contributed by atoms with Gasteiger partial charge >= 0.3 is 0 Å². The van der Waals surface area contributed by atoms with Crippen molar-refractivity contribution in [1.29, 1.82) is 0 Å². The Kier molecular flexibility index (Phi) is 3.54. The number of hydrogen-bond acceptors (Lipinski definition) is 4. The van der Waals surface area contributed by atoms with E-state index in [2.05, 4.69) is 17.1 Å². The molecule has 1 aliphatic carbocycles. The molecule has 90 valence electrons. The summed E-state index contributed by atoms with van der Waals surface area (Å²) in [5.74, 6) is 1.49. The second-order valence-corrected chi connectivity index (χ2v) is 5.86. The maximum Gasteiger partial charge on any atom is 0.190 e. The zero-order chi connectivity index (χ0) is 11.6. The summed E-state index contributed by atoms with van der Waals surface area (Å²) >= 11 is 1.60. The standard InChI is InChI=1S/C11H19N3OS/c1-9-3-5-11(15,6-4-9)7-16-10-13-12-8-14(10)2/h8-9,15H,3-7H2,1-2H3. The zero-order valence-corrected chi connectivity index (χ0v) is 10.7. The van der Waals surface area contributed by atoms with Gasteiger partial charge in [0.25, 0.3) is 0 Å². The van der Waals surface area contributed by atoms with Crippen LogP contribution in [0.1, 0.15) is 32.6 Å². The van der Waals surface area contributed by atoms with Crippen molar-refractivity contribution in [3.63, 3.8) is 0 Å². The molecule has 0 aliphatic heterocycles. The first kappa shape index (κ1) is 11.9. The molecule has 1 aromatic rings. The molecular formula is C11H19N3OS. The molecule has 0 amide bonds. The van der Waals surface area contributed by atoms with Crippen LogP contribution in [0.15, 0.2) is 11.5 Å². The van der Waals surface area contributed by atoms with Crippen molar-refractivity contribution in [3.05, 3.63) is 6.33 Å². The summed E-state index contributed by atoms with van der Waals surface area (Å²) in [7, 11) is 1.93. The summed E-state index contributed by atoms with van der Waals surface area (Å²) < 4.78 is 1.89. The third-order valence-corrected chi connectivity index (χ3v) is 4.65. The van der Waals surface area contributed by atoms with E-state index in [1.54, 1.807) is 18.1 Å². The van der Waals surface area contributed by atoms with Crippen molar-refractivity contribution in [3.8, 4) is 0 Å². The largest absolute Gasteiger partial charge is 0.389 e. The third-order valence-electron chi connectivity index (χ3n) is 3.34. The Morgan fingerprint density at radius 2 is 2.25 bits per heavy atom. The topological polar surface area (TPSA) is 50.9 Å². The Bertz CT molecular complexity index is 345. The van der Waals surface area contributed by atoms with Crippen LogP contribution in [-0.4, -0.2) is 31.2 Å². The highest BCUT2D eigenvalue weighted by molar-refractivity contribution is 7.99. The van der Waals surface area contributed by atoms with Gasteiger partial charge in [0.1, 0.15) is 6.33 Å². The lowest BCUT2D eigenvalue weighted by Crippen LogP contribution is -2.36. The van der Waals surface area contributed by atoms with Gasteiger partial charge in [-0.15, -0.1) is 10.2 Å². The molecule has 1 aliphatic rings. The van der Waals surface area contributed by atoms with E-state index in [0.29, 0.717) is 0 Å². The van der Waals surface area contributed by atoms with Gasteiger partial charge < -0.3 is 9.67 Å². The first-order valence-electron chi connectivity index (χ1n) is 5.78. The minimum absolute atomic E-state index is 0.497. The Labute approximate surface area is 100 Å². The van der Waals surface area contributed by atoms with Crippen LogP contribution in [0.4, 0.5) is 0 Å². The number of thioether (sulfide) groups is 1. The predicted molar refractivity (Wildman–Crippen MR) is 64.3 cm³/mol. The molecule has 16 heavy (non-hydrogen) atoms. The SMILES string of the molecule is CC1CCC(O)(CSc2nncn2C)CC1. The number of hydrogen-bond donors (Lipinski definition) is 1. The fourth-order valence-corrected chi connectivity index (χ4v) is 3.09.